The second-order valence-corrected chi connectivity index (χ2v) is 8.77. The zero-order valence-electron chi connectivity index (χ0n) is 20.6. The van der Waals surface area contributed by atoms with Crippen LogP contribution in [0.2, 0.25) is 0 Å². The first-order valence-electron chi connectivity index (χ1n) is 11.0. The molecule has 0 aromatic heterocycles. The third-order valence-electron chi connectivity index (χ3n) is 7.31. The Labute approximate surface area is 183 Å². The predicted octanol–water partition coefficient (Wildman–Crippen LogP) is 7.93. The number of benzene rings is 2. The summed E-state index contributed by atoms with van der Waals surface area (Å²) in [5.41, 5.74) is 15.6. The molecule has 1 nitrogen and oxygen atoms in total. The van der Waals surface area contributed by atoms with Gasteiger partial charge < -0.3 is 0 Å². The minimum Gasteiger partial charge on any atom is -0.295 e. The predicted molar refractivity (Wildman–Crippen MR) is 132 cm³/mol. The van der Waals surface area contributed by atoms with Crippen LogP contribution in [-0.2, 0) is 4.79 Å². The lowest BCUT2D eigenvalue weighted by Gasteiger charge is -2.17. The molecular weight excluding hydrogens is 364 g/mol. The van der Waals surface area contributed by atoms with Crippen LogP contribution < -0.4 is 0 Å². The summed E-state index contributed by atoms with van der Waals surface area (Å²) in [4.78, 5) is 12.7. The van der Waals surface area contributed by atoms with Crippen molar-refractivity contribution in [2.24, 2.45) is 0 Å². The fourth-order valence-corrected chi connectivity index (χ4v) is 4.28. The Balaban J connectivity index is 2.21. The molecule has 0 bridgehead atoms. The molecule has 0 aliphatic heterocycles. The van der Waals surface area contributed by atoms with Gasteiger partial charge in [-0.05, 0) is 149 Å². The van der Waals surface area contributed by atoms with Crippen LogP contribution in [0.25, 0.3) is 11.6 Å². The smallest absolute Gasteiger partial charge is 0.156 e. The van der Waals surface area contributed by atoms with Crippen LogP contribution in [0.1, 0.15) is 81.0 Å². The van der Waals surface area contributed by atoms with Crippen LogP contribution in [0.15, 0.2) is 18.2 Å². The van der Waals surface area contributed by atoms with Gasteiger partial charge in [0.25, 0.3) is 0 Å². The van der Waals surface area contributed by atoms with Gasteiger partial charge >= 0.3 is 0 Å². The van der Waals surface area contributed by atoms with Crippen molar-refractivity contribution >= 4 is 17.4 Å². The van der Waals surface area contributed by atoms with Crippen molar-refractivity contribution in [1.82, 2.24) is 0 Å². The molecule has 0 aliphatic rings. The van der Waals surface area contributed by atoms with Gasteiger partial charge in [0.15, 0.2) is 5.78 Å². The number of hydrogen-bond acceptors (Lipinski definition) is 1. The van der Waals surface area contributed by atoms with Crippen molar-refractivity contribution in [3.05, 3.63) is 79.4 Å². The molecule has 0 saturated heterocycles. The maximum Gasteiger partial charge on any atom is 0.156 e. The van der Waals surface area contributed by atoms with Gasteiger partial charge in [-0.1, -0.05) is 18.2 Å². The molecule has 0 fully saturated rings. The highest BCUT2D eigenvalue weighted by Crippen LogP contribution is 2.30. The van der Waals surface area contributed by atoms with Gasteiger partial charge in [0.05, 0.1) is 0 Å². The van der Waals surface area contributed by atoms with E-state index < -0.39 is 0 Å². The van der Waals surface area contributed by atoms with Gasteiger partial charge in [0.1, 0.15) is 0 Å². The normalized spacial score (nSPS) is 12.1. The van der Waals surface area contributed by atoms with Gasteiger partial charge in [-0.3, -0.25) is 4.79 Å². The molecule has 0 atom stereocenters. The maximum absolute atomic E-state index is 12.7. The van der Waals surface area contributed by atoms with E-state index in [1.54, 1.807) is 6.08 Å². The van der Waals surface area contributed by atoms with E-state index in [9.17, 15) is 4.79 Å². The highest BCUT2D eigenvalue weighted by molar-refractivity contribution is 5.95. The fraction of sp³-hybridized carbons (Fsp3) is 0.414. The average molecular weight is 403 g/mol. The standard InChI is InChI=1S/C29H38O/c1-11-26(29-16-17(2)18(3)19(4)25(29)10)12-13-27(30)14-15-28-23(8)21(6)20(5)22(7)24(28)9/h11,14-16H,12-13H2,1-10H3/b15-14+,26-11?. The number of carbonyl (C=O) groups excluding carboxylic acids is 1. The van der Waals surface area contributed by atoms with Crippen LogP contribution in [-0.4, -0.2) is 5.78 Å². The molecule has 0 saturated carbocycles. The molecule has 1 heteroatoms. The Morgan fingerprint density at radius 2 is 1.20 bits per heavy atom. The summed E-state index contributed by atoms with van der Waals surface area (Å²) in [7, 11) is 0. The van der Waals surface area contributed by atoms with Gasteiger partial charge in [-0.25, -0.2) is 0 Å². The second kappa shape index (κ2) is 9.60. The number of carbonyl (C=O) groups is 1. The molecule has 0 amide bonds. The largest absolute Gasteiger partial charge is 0.295 e. The van der Waals surface area contributed by atoms with E-state index >= 15 is 0 Å². The van der Waals surface area contributed by atoms with E-state index in [1.807, 2.05) is 6.08 Å². The van der Waals surface area contributed by atoms with Crippen LogP contribution in [0.3, 0.4) is 0 Å². The Morgan fingerprint density at radius 3 is 1.73 bits per heavy atom. The molecule has 160 valence electrons. The van der Waals surface area contributed by atoms with Crippen molar-refractivity contribution in [2.45, 2.75) is 82.1 Å². The summed E-state index contributed by atoms with van der Waals surface area (Å²) in [6.07, 6.45) is 7.26. The van der Waals surface area contributed by atoms with Crippen molar-refractivity contribution in [2.75, 3.05) is 0 Å². The molecular formula is C29H38O. The van der Waals surface area contributed by atoms with Gasteiger partial charge in [-0.15, -0.1) is 0 Å². The van der Waals surface area contributed by atoms with E-state index in [2.05, 4.69) is 81.4 Å². The summed E-state index contributed by atoms with van der Waals surface area (Å²) in [5, 5.41) is 0. The minimum absolute atomic E-state index is 0.183. The number of allylic oxidation sites excluding steroid dienone is 3. The Morgan fingerprint density at radius 1 is 0.700 bits per heavy atom. The van der Waals surface area contributed by atoms with Crippen molar-refractivity contribution in [1.29, 1.82) is 0 Å². The third kappa shape index (κ3) is 4.67. The Bertz CT molecular complexity index is 1020. The summed E-state index contributed by atoms with van der Waals surface area (Å²) in [5.74, 6) is 0.183. The van der Waals surface area contributed by atoms with E-state index in [4.69, 9.17) is 0 Å². The lowest BCUT2D eigenvalue weighted by molar-refractivity contribution is -0.114. The van der Waals surface area contributed by atoms with Crippen molar-refractivity contribution in [3.63, 3.8) is 0 Å². The molecule has 0 spiro atoms. The van der Waals surface area contributed by atoms with Crippen LogP contribution in [0.5, 0.6) is 0 Å². The highest BCUT2D eigenvalue weighted by atomic mass is 16.1. The van der Waals surface area contributed by atoms with Gasteiger partial charge in [0.2, 0.25) is 0 Å². The number of hydrogen-bond donors (Lipinski definition) is 0. The molecule has 0 heterocycles. The zero-order valence-corrected chi connectivity index (χ0v) is 20.6. The summed E-state index contributed by atoms with van der Waals surface area (Å²) >= 11 is 0. The van der Waals surface area contributed by atoms with Crippen molar-refractivity contribution in [3.8, 4) is 0 Å². The summed E-state index contributed by atoms with van der Waals surface area (Å²) in [6, 6.07) is 2.28. The minimum atomic E-state index is 0.183. The molecule has 30 heavy (non-hydrogen) atoms. The van der Waals surface area contributed by atoms with Crippen LogP contribution >= 0.6 is 0 Å². The maximum atomic E-state index is 12.7. The SMILES string of the molecule is CC=C(CCC(=O)/C=C/c1c(C)c(C)c(C)c(C)c1C)c1cc(C)c(C)c(C)c1C. The van der Waals surface area contributed by atoms with Gasteiger partial charge in [-0.2, -0.15) is 0 Å². The van der Waals surface area contributed by atoms with Crippen LogP contribution in [0, 0.1) is 62.3 Å². The van der Waals surface area contributed by atoms with Crippen molar-refractivity contribution < 1.29 is 4.79 Å². The third-order valence-corrected chi connectivity index (χ3v) is 7.31. The first kappa shape index (κ1) is 23.9. The van der Waals surface area contributed by atoms with Gasteiger partial charge in [0, 0.05) is 6.42 Å². The van der Waals surface area contributed by atoms with Crippen LogP contribution in [0.4, 0.5) is 0 Å². The topological polar surface area (TPSA) is 17.1 Å². The number of aryl methyl sites for hydroxylation is 1. The van der Waals surface area contributed by atoms with E-state index in [1.165, 1.54) is 66.8 Å². The fourth-order valence-electron chi connectivity index (χ4n) is 4.28. The molecule has 0 N–H and O–H groups in total. The quantitative estimate of drug-likeness (QED) is 0.448. The molecule has 0 aliphatic carbocycles. The second-order valence-electron chi connectivity index (χ2n) is 8.77. The zero-order chi connectivity index (χ0) is 22.7. The monoisotopic (exact) mass is 402 g/mol. The molecule has 0 radical (unpaired) electrons. The number of rotatable bonds is 6. The summed E-state index contributed by atoms with van der Waals surface area (Å²) < 4.78 is 0. The highest BCUT2D eigenvalue weighted by Gasteiger charge is 2.13. The molecule has 2 aromatic rings. The lowest BCUT2D eigenvalue weighted by Crippen LogP contribution is -2.01. The van der Waals surface area contributed by atoms with E-state index in [0.29, 0.717) is 6.42 Å². The molecule has 0 unspecified atom stereocenters. The average Bonchev–Trinajstić information content (AvgIpc) is 2.73. The van der Waals surface area contributed by atoms with E-state index in [0.717, 1.165) is 6.42 Å². The first-order valence-corrected chi connectivity index (χ1v) is 11.0. The van der Waals surface area contributed by atoms with E-state index in [-0.39, 0.29) is 5.78 Å². The lowest BCUT2D eigenvalue weighted by atomic mass is 9.88. The Kier molecular flexibility index (Phi) is 7.64. The molecule has 2 aromatic carbocycles. The number of ketones is 1. The Hall–Kier alpha value is -2.41. The summed E-state index contributed by atoms with van der Waals surface area (Å²) in [6.45, 7) is 21.6. The first-order chi connectivity index (χ1) is 14.0. The molecule has 2 rings (SSSR count).